The fraction of sp³-hybridized carbons (Fsp3) is 0.273. The second-order valence-corrected chi connectivity index (χ2v) is 3.67. The number of aryl methyl sites for hydroxylation is 1. The Kier molecular flexibility index (Phi) is 3.16. The number of rotatable bonds is 3. The zero-order valence-electron chi connectivity index (χ0n) is 9.22. The molecule has 1 atom stereocenters. The van der Waals surface area contributed by atoms with Gasteiger partial charge in [0.2, 0.25) is 5.82 Å². The van der Waals surface area contributed by atoms with Crippen LogP contribution >= 0.6 is 0 Å². The maximum Gasteiger partial charge on any atom is 0.257 e. The van der Waals surface area contributed by atoms with Gasteiger partial charge in [0.1, 0.15) is 11.9 Å². The topological polar surface area (TPSA) is 85.2 Å². The van der Waals surface area contributed by atoms with Gasteiger partial charge in [-0.3, -0.25) is 0 Å². The van der Waals surface area contributed by atoms with Gasteiger partial charge >= 0.3 is 0 Å². The molecule has 0 unspecified atom stereocenters. The first kappa shape index (κ1) is 11.7. The van der Waals surface area contributed by atoms with Crippen LogP contribution in [-0.2, 0) is 0 Å². The van der Waals surface area contributed by atoms with Gasteiger partial charge in [-0.15, -0.1) is 0 Å². The smallest absolute Gasteiger partial charge is 0.257 e. The molecule has 0 radical (unpaired) electrons. The lowest BCUT2D eigenvalue weighted by Crippen LogP contribution is -2.11. The van der Waals surface area contributed by atoms with Crippen molar-refractivity contribution >= 4 is 0 Å². The standard InChI is InChI=1S/C11H12FN3O2/c1-6-4-7(12)2-3-8(6)10-14-11(17-15-10)9(16)5-13/h2-4,9,16H,5,13H2,1H3/t9-/m0/s1. The first-order valence-corrected chi connectivity index (χ1v) is 5.10. The number of hydrogen-bond donors (Lipinski definition) is 2. The van der Waals surface area contributed by atoms with Crippen molar-refractivity contribution in [2.24, 2.45) is 5.73 Å². The lowest BCUT2D eigenvalue weighted by molar-refractivity contribution is 0.141. The van der Waals surface area contributed by atoms with Gasteiger partial charge in [-0.1, -0.05) is 5.16 Å². The summed E-state index contributed by atoms with van der Waals surface area (Å²) in [4.78, 5) is 4.01. The predicted molar refractivity (Wildman–Crippen MR) is 58.4 cm³/mol. The maximum absolute atomic E-state index is 12.9. The van der Waals surface area contributed by atoms with Crippen LogP contribution in [0.4, 0.5) is 4.39 Å². The summed E-state index contributed by atoms with van der Waals surface area (Å²) in [5.41, 5.74) is 6.63. The van der Waals surface area contributed by atoms with Gasteiger partial charge in [0.15, 0.2) is 0 Å². The largest absolute Gasteiger partial charge is 0.382 e. The Balaban J connectivity index is 2.37. The van der Waals surface area contributed by atoms with Crippen LogP contribution in [0.3, 0.4) is 0 Å². The Morgan fingerprint density at radius 3 is 2.94 bits per heavy atom. The molecule has 0 bridgehead atoms. The Hall–Kier alpha value is -1.79. The van der Waals surface area contributed by atoms with Crippen molar-refractivity contribution in [3.05, 3.63) is 35.5 Å². The second kappa shape index (κ2) is 4.60. The Bertz CT molecular complexity index is 527. The lowest BCUT2D eigenvalue weighted by Gasteiger charge is -2.00. The van der Waals surface area contributed by atoms with Crippen LogP contribution in [0.1, 0.15) is 17.6 Å². The van der Waals surface area contributed by atoms with E-state index in [0.29, 0.717) is 17.0 Å². The third kappa shape index (κ3) is 2.32. The molecule has 0 aliphatic heterocycles. The minimum Gasteiger partial charge on any atom is -0.382 e. The van der Waals surface area contributed by atoms with Gasteiger partial charge in [-0.25, -0.2) is 4.39 Å². The number of aliphatic hydroxyl groups is 1. The molecule has 0 saturated heterocycles. The highest BCUT2D eigenvalue weighted by Gasteiger charge is 2.16. The van der Waals surface area contributed by atoms with Gasteiger partial charge in [-0.2, -0.15) is 4.98 Å². The molecule has 6 heteroatoms. The van der Waals surface area contributed by atoms with Crippen molar-refractivity contribution in [3.63, 3.8) is 0 Å². The van der Waals surface area contributed by atoms with E-state index >= 15 is 0 Å². The lowest BCUT2D eigenvalue weighted by atomic mass is 10.1. The summed E-state index contributed by atoms with van der Waals surface area (Å²) < 4.78 is 17.8. The molecule has 1 aromatic heterocycles. The summed E-state index contributed by atoms with van der Waals surface area (Å²) in [6, 6.07) is 4.26. The van der Waals surface area contributed by atoms with Crippen molar-refractivity contribution in [3.8, 4) is 11.4 Å². The number of nitrogens with zero attached hydrogens (tertiary/aromatic N) is 2. The van der Waals surface area contributed by atoms with Crippen molar-refractivity contribution in [1.29, 1.82) is 0 Å². The quantitative estimate of drug-likeness (QED) is 0.837. The zero-order chi connectivity index (χ0) is 12.4. The second-order valence-electron chi connectivity index (χ2n) is 3.67. The molecule has 90 valence electrons. The Labute approximate surface area is 97.1 Å². The SMILES string of the molecule is Cc1cc(F)ccc1-c1noc([C@@H](O)CN)n1. The van der Waals surface area contributed by atoms with E-state index in [4.69, 9.17) is 10.3 Å². The van der Waals surface area contributed by atoms with E-state index in [9.17, 15) is 9.50 Å². The number of aromatic nitrogens is 2. The minimum absolute atomic E-state index is 0.00400. The first-order chi connectivity index (χ1) is 8.11. The maximum atomic E-state index is 12.9. The number of halogens is 1. The van der Waals surface area contributed by atoms with E-state index in [1.165, 1.54) is 12.1 Å². The molecule has 1 heterocycles. The monoisotopic (exact) mass is 237 g/mol. The molecule has 0 amide bonds. The van der Waals surface area contributed by atoms with E-state index in [2.05, 4.69) is 10.1 Å². The highest BCUT2D eigenvalue weighted by atomic mass is 19.1. The number of nitrogens with two attached hydrogens (primary N) is 1. The van der Waals surface area contributed by atoms with Crippen LogP contribution < -0.4 is 5.73 Å². The Morgan fingerprint density at radius 2 is 2.29 bits per heavy atom. The third-order valence-electron chi connectivity index (χ3n) is 2.38. The summed E-state index contributed by atoms with van der Waals surface area (Å²) in [7, 11) is 0. The van der Waals surface area contributed by atoms with Crippen molar-refractivity contribution in [1.82, 2.24) is 10.1 Å². The van der Waals surface area contributed by atoms with Crippen molar-refractivity contribution in [2.75, 3.05) is 6.54 Å². The van der Waals surface area contributed by atoms with E-state index in [0.717, 1.165) is 0 Å². The number of aliphatic hydroxyl groups excluding tert-OH is 1. The van der Waals surface area contributed by atoms with Crippen LogP contribution in [-0.4, -0.2) is 21.8 Å². The first-order valence-electron chi connectivity index (χ1n) is 5.10. The van der Waals surface area contributed by atoms with Crippen molar-refractivity contribution in [2.45, 2.75) is 13.0 Å². The van der Waals surface area contributed by atoms with Crippen LogP contribution in [0, 0.1) is 12.7 Å². The van der Waals surface area contributed by atoms with Crippen LogP contribution in [0.25, 0.3) is 11.4 Å². The Morgan fingerprint density at radius 1 is 1.53 bits per heavy atom. The van der Waals surface area contributed by atoms with E-state index < -0.39 is 6.10 Å². The van der Waals surface area contributed by atoms with Crippen LogP contribution in [0.2, 0.25) is 0 Å². The molecule has 5 nitrogen and oxygen atoms in total. The summed E-state index contributed by atoms with van der Waals surface area (Å²) in [5, 5.41) is 13.1. The fourth-order valence-electron chi connectivity index (χ4n) is 1.46. The minimum atomic E-state index is -0.975. The molecule has 2 rings (SSSR count). The number of hydrogen-bond acceptors (Lipinski definition) is 5. The molecule has 0 saturated carbocycles. The molecular weight excluding hydrogens is 225 g/mol. The molecule has 2 aromatic rings. The third-order valence-corrected chi connectivity index (χ3v) is 2.38. The van der Waals surface area contributed by atoms with E-state index in [1.54, 1.807) is 13.0 Å². The van der Waals surface area contributed by atoms with Gasteiger partial charge in [-0.05, 0) is 30.7 Å². The van der Waals surface area contributed by atoms with Gasteiger partial charge < -0.3 is 15.4 Å². The highest BCUT2D eigenvalue weighted by molar-refractivity contribution is 5.59. The normalized spacial score (nSPS) is 12.7. The molecule has 0 aliphatic carbocycles. The van der Waals surface area contributed by atoms with Gasteiger partial charge in [0, 0.05) is 12.1 Å². The molecule has 0 spiro atoms. The molecule has 0 fully saturated rings. The molecular formula is C11H12FN3O2. The summed E-state index contributed by atoms with van der Waals surface area (Å²) in [5.74, 6) is 0.0492. The fourth-order valence-corrected chi connectivity index (χ4v) is 1.46. The van der Waals surface area contributed by atoms with Gasteiger partial charge in [0.25, 0.3) is 5.89 Å². The van der Waals surface area contributed by atoms with Crippen LogP contribution in [0.5, 0.6) is 0 Å². The zero-order valence-corrected chi connectivity index (χ0v) is 9.22. The van der Waals surface area contributed by atoms with Gasteiger partial charge in [0.05, 0.1) is 0 Å². The average molecular weight is 237 g/mol. The predicted octanol–water partition coefficient (Wildman–Crippen LogP) is 1.18. The highest BCUT2D eigenvalue weighted by Crippen LogP contribution is 2.22. The van der Waals surface area contributed by atoms with Crippen molar-refractivity contribution < 1.29 is 14.0 Å². The molecule has 1 aromatic carbocycles. The average Bonchev–Trinajstić information content (AvgIpc) is 2.77. The molecule has 3 N–H and O–H groups in total. The van der Waals surface area contributed by atoms with E-state index in [1.807, 2.05) is 0 Å². The summed E-state index contributed by atoms with van der Waals surface area (Å²) in [6.07, 6.45) is -0.975. The number of benzene rings is 1. The molecule has 0 aliphatic rings. The van der Waals surface area contributed by atoms with E-state index in [-0.39, 0.29) is 18.3 Å². The summed E-state index contributed by atoms with van der Waals surface area (Å²) in [6.45, 7) is 1.75. The van der Waals surface area contributed by atoms with Crippen LogP contribution in [0.15, 0.2) is 22.7 Å². The summed E-state index contributed by atoms with van der Waals surface area (Å²) >= 11 is 0. The molecule has 17 heavy (non-hydrogen) atoms.